The third-order valence-electron chi connectivity index (χ3n) is 5.18. The number of hydrogen-bond donors (Lipinski definition) is 1. The molecule has 1 N–H and O–H groups in total. The van der Waals surface area contributed by atoms with E-state index in [1.165, 1.54) is 23.9 Å². The fourth-order valence-corrected chi connectivity index (χ4v) is 4.52. The molecular formula is C24H29Cl2FN2O2S. The van der Waals surface area contributed by atoms with Crippen LogP contribution in [-0.4, -0.2) is 34.6 Å². The average Bonchev–Trinajstić information content (AvgIpc) is 2.76. The zero-order chi connectivity index (χ0) is 23.7. The highest BCUT2D eigenvalue weighted by atomic mass is 35.5. The van der Waals surface area contributed by atoms with Crippen molar-refractivity contribution in [2.45, 2.75) is 58.0 Å². The molecule has 32 heavy (non-hydrogen) atoms. The van der Waals surface area contributed by atoms with E-state index in [-0.39, 0.29) is 36.0 Å². The van der Waals surface area contributed by atoms with Crippen molar-refractivity contribution < 1.29 is 14.0 Å². The fraction of sp³-hybridized carbons (Fsp3) is 0.417. The van der Waals surface area contributed by atoms with Crippen molar-refractivity contribution in [3.63, 3.8) is 0 Å². The van der Waals surface area contributed by atoms with Crippen LogP contribution < -0.4 is 5.32 Å². The lowest BCUT2D eigenvalue weighted by molar-refractivity contribution is -0.139. The predicted molar refractivity (Wildman–Crippen MR) is 132 cm³/mol. The molecule has 2 rings (SSSR count). The summed E-state index contributed by atoms with van der Waals surface area (Å²) < 4.78 is 13.1. The number of rotatable bonds is 11. The maximum Gasteiger partial charge on any atom is 0.243 e. The van der Waals surface area contributed by atoms with Crippen molar-refractivity contribution in [3.8, 4) is 0 Å². The van der Waals surface area contributed by atoms with Gasteiger partial charge in [0.2, 0.25) is 11.8 Å². The van der Waals surface area contributed by atoms with Gasteiger partial charge in [0.25, 0.3) is 0 Å². The maximum absolute atomic E-state index is 13.3. The Bertz CT molecular complexity index is 891. The summed E-state index contributed by atoms with van der Waals surface area (Å²) in [6.45, 7) is 5.94. The molecule has 0 spiro atoms. The monoisotopic (exact) mass is 498 g/mol. The number of hydrogen-bond acceptors (Lipinski definition) is 3. The van der Waals surface area contributed by atoms with Crippen molar-refractivity contribution in [3.05, 3.63) is 69.5 Å². The minimum atomic E-state index is -0.643. The van der Waals surface area contributed by atoms with Crippen LogP contribution in [0.2, 0.25) is 10.0 Å². The van der Waals surface area contributed by atoms with Crippen LogP contribution in [-0.2, 0) is 21.9 Å². The fourth-order valence-electron chi connectivity index (χ4n) is 3.13. The minimum Gasteiger partial charge on any atom is -0.352 e. The Morgan fingerprint density at radius 3 is 2.25 bits per heavy atom. The third-order valence-corrected chi connectivity index (χ3v) is 6.88. The van der Waals surface area contributed by atoms with E-state index < -0.39 is 6.04 Å². The standard InChI is InChI=1S/C24H29Cl2FN2O2S/c1-4-16(3)28-24(31)22(5-2)29(13-19-20(25)7-6-8-21(19)26)23(30)15-32-14-17-9-11-18(27)12-10-17/h6-12,16,22H,4-5,13-15H2,1-3H3,(H,28,31)/t16-,22+/m1/s1. The van der Waals surface area contributed by atoms with Gasteiger partial charge in [-0.3, -0.25) is 9.59 Å². The molecule has 0 heterocycles. The zero-order valence-electron chi connectivity index (χ0n) is 18.5. The Morgan fingerprint density at radius 2 is 1.69 bits per heavy atom. The van der Waals surface area contributed by atoms with Gasteiger partial charge in [0.05, 0.1) is 5.75 Å². The van der Waals surface area contributed by atoms with Gasteiger partial charge >= 0.3 is 0 Å². The molecule has 0 saturated heterocycles. The summed E-state index contributed by atoms with van der Waals surface area (Å²) in [6.07, 6.45) is 1.25. The summed E-state index contributed by atoms with van der Waals surface area (Å²) in [4.78, 5) is 27.8. The Morgan fingerprint density at radius 1 is 1.06 bits per heavy atom. The van der Waals surface area contributed by atoms with Gasteiger partial charge in [-0.1, -0.05) is 55.2 Å². The van der Waals surface area contributed by atoms with Gasteiger partial charge < -0.3 is 10.2 Å². The molecule has 4 nitrogen and oxygen atoms in total. The molecule has 2 aromatic carbocycles. The van der Waals surface area contributed by atoms with Crippen LogP contribution in [0.15, 0.2) is 42.5 Å². The molecule has 0 saturated carbocycles. The highest BCUT2D eigenvalue weighted by Gasteiger charge is 2.30. The summed E-state index contributed by atoms with van der Waals surface area (Å²) >= 11 is 14.1. The van der Waals surface area contributed by atoms with Gasteiger partial charge in [-0.2, -0.15) is 0 Å². The molecule has 2 amide bonds. The number of carbonyl (C=O) groups is 2. The minimum absolute atomic E-state index is 0.00487. The molecule has 0 aliphatic carbocycles. The number of benzene rings is 2. The first-order valence-corrected chi connectivity index (χ1v) is 12.5. The molecule has 2 atom stereocenters. The van der Waals surface area contributed by atoms with E-state index in [1.807, 2.05) is 20.8 Å². The summed E-state index contributed by atoms with van der Waals surface area (Å²) in [5, 5.41) is 3.88. The molecule has 0 radical (unpaired) electrons. The van der Waals surface area contributed by atoms with Gasteiger partial charge in [-0.25, -0.2) is 4.39 Å². The number of thioether (sulfide) groups is 1. The first kappa shape index (κ1) is 26.5. The summed E-state index contributed by atoms with van der Waals surface area (Å²) in [6, 6.07) is 10.7. The van der Waals surface area contributed by atoms with Crippen LogP contribution >= 0.6 is 35.0 Å². The third kappa shape index (κ3) is 7.68. The Labute approximate surface area is 203 Å². The topological polar surface area (TPSA) is 49.4 Å². The van der Waals surface area contributed by atoms with E-state index in [0.717, 1.165) is 12.0 Å². The van der Waals surface area contributed by atoms with E-state index in [2.05, 4.69) is 5.32 Å². The normalized spacial score (nSPS) is 12.8. The van der Waals surface area contributed by atoms with Crippen LogP contribution in [0.1, 0.15) is 44.7 Å². The molecule has 0 fully saturated rings. The quantitative estimate of drug-likeness (QED) is 0.407. The smallest absolute Gasteiger partial charge is 0.243 e. The SMILES string of the molecule is CC[C@@H](C)NC(=O)[C@H](CC)N(Cc1c(Cl)cccc1Cl)C(=O)CSCc1ccc(F)cc1. The van der Waals surface area contributed by atoms with E-state index >= 15 is 0 Å². The van der Waals surface area contributed by atoms with E-state index in [4.69, 9.17) is 23.2 Å². The first-order valence-electron chi connectivity index (χ1n) is 10.6. The highest BCUT2D eigenvalue weighted by molar-refractivity contribution is 7.99. The average molecular weight is 499 g/mol. The lowest BCUT2D eigenvalue weighted by Crippen LogP contribution is -2.51. The Balaban J connectivity index is 2.20. The van der Waals surface area contributed by atoms with Crippen LogP contribution in [0, 0.1) is 5.82 Å². The second-order valence-corrected chi connectivity index (χ2v) is 9.38. The van der Waals surface area contributed by atoms with E-state index in [1.54, 1.807) is 35.2 Å². The molecule has 0 aromatic heterocycles. The van der Waals surface area contributed by atoms with Crippen LogP contribution in [0.5, 0.6) is 0 Å². The summed E-state index contributed by atoms with van der Waals surface area (Å²) in [5.41, 5.74) is 1.54. The molecule has 0 bridgehead atoms. The number of nitrogens with zero attached hydrogens (tertiary/aromatic N) is 1. The lowest BCUT2D eigenvalue weighted by Gasteiger charge is -2.32. The molecular weight excluding hydrogens is 470 g/mol. The largest absolute Gasteiger partial charge is 0.352 e. The van der Waals surface area contributed by atoms with Crippen molar-refractivity contribution in [2.24, 2.45) is 0 Å². The maximum atomic E-state index is 13.3. The second kappa shape index (κ2) is 13.1. The van der Waals surface area contributed by atoms with E-state index in [0.29, 0.717) is 27.8 Å². The van der Waals surface area contributed by atoms with E-state index in [9.17, 15) is 14.0 Å². The molecule has 0 aliphatic rings. The highest BCUT2D eigenvalue weighted by Crippen LogP contribution is 2.27. The number of halogens is 3. The van der Waals surface area contributed by atoms with Gasteiger partial charge in [0, 0.05) is 33.9 Å². The Kier molecular flexibility index (Phi) is 10.8. The first-order chi connectivity index (χ1) is 15.3. The predicted octanol–water partition coefficient (Wildman–Crippen LogP) is 6.09. The van der Waals surface area contributed by atoms with Crippen LogP contribution in [0.4, 0.5) is 4.39 Å². The molecule has 0 aliphatic heterocycles. The number of carbonyl (C=O) groups excluding carboxylic acids is 2. The van der Waals surface area contributed by atoms with Crippen molar-refractivity contribution >= 4 is 46.8 Å². The van der Waals surface area contributed by atoms with Crippen molar-refractivity contribution in [1.29, 1.82) is 0 Å². The number of nitrogens with one attached hydrogen (secondary N) is 1. The lowest BCUT2D eigenvalue weighted by atomic mass is 10.1. The number of amides is 2. The van der Waals surface area contributed by atoms with Crippen LogP contribution in [0.3, 0.4) is 0 Å². The zero-order valence-corrected chi connectivity index (χ0v) is 20.9. The summed E-state index contributed by atoms with van der Waals surface area (Å²) in [7, 11) is 0. The summed E-state index contributed by atoms with van der Waals surface area (Å²) in [5.74, 6) is 0.0617. The Hall–Kier alpha value is -1.76. The molecule has 0 unspecified atom stereocenters. The van der Waals surface area contributed by atoms with Gasteiger partial charge in [-0.05, 0) is 49.6 Å². The molecule has 174 valence electrons. The van der Waals surface area contributed by atoms with Crippen LogP contribution in [0.25, 0.3) is 0 Å². The van der Waals surface area contributed by atoms with Gasteiger partial charge in [0.1, 0.15) is 11.9 Å². The van der Waals surface area contributed by atoms with Crippen molar-refractivity contribution in [2.75, 3.05) is 5.75 Å². The van der Waals surface area contributed by atoms with Gasteiger partial charge in [-0.15, -0.1) is 11.8 Å². The molecule has 8 heteroatoms. The molecule has 2 aromatic rings. The second-order valence-electron chi connectivity index (χ2n) is 7.58. The van der Waals surface area contributed by atoms with Gasteiger partial charge in [0.15, 0.2) is 0 Å². The van der Waals surface area contributed by atoms with Crippen molar-refractivity contribution in [1.82, 2.24) is 10.2 Å².